The Morgan fingerprint density at radius 1 is 1.16 bits per heavy atom. The zero-order valence-corrected chi connectivity index (χ0v) is 19.5. The van der Waals surface area contributed by atoms with Crippen molar-refractivity contribution in [3.63, 3.8) is 0 Å². The van der Waals surface area contributed by atoms with Crippen LogP contribution in [0.5, 0.6) is 5.75 Å². The lowest BCUT2D eigenvalue weighted by atomic mass is 10.0. The number of amides is 1. The molecule has 0 aromatic heterocycles. The molecule has 31 heavy (non-hydrogen) atoms. The van der Waals surface area contributed by atoms with Crippen LogP contribution in [0.1, 0.15) is 60.6 Å². The maximum absolute atomic E-state index is 13.2. The second-order valence-electron chi connectivity index (χ2n) is 8.29. The Morgan fingerprint density at radius 2 is 1.81 bits per heavy atom. The molecule has 3 rings (SSSR count). The summed E-state index contributed by atoms with van der Waals surface area (Å²) in [6.07, 6.45) is 2.40. The van der Waals surface area contributed by atoms with Gasteiger partial charge >= 0.3 is 0 Å². The Bertz CT molecular complexity index is 1010. The van der Waals surface area contributed by atoms with Crippen molar-refractivity contribution in [1.82, 2.24) is 9.62 Å². The van der Waals surface area contributed by atoms with Crippen LogP contribution in [0.3, 0.4) is 0 Å². The summed E-state index contributed by atoms with van der Waals surface area (Å²) in [6.45, 7) is 7.16. The molecule has 1 saturated heterocycles. The van der Waals surface area contributed by atoms with Gasteiger partial charge in [-0.05, 0) is 55.9 Å². The summed E-state index contributed by atoms with van der Waals surface area (Å²) in [7, 11) is -2.18. The van der Waals surface area contributed by atoms with E-state index in [1.165, 1.54) is 23.5 Å². The fraction of sp³-hybridized carbons (Fsp3) is 0.458. The van der Waals surface area contributed by atoms with E-state index in [4.69, 9.17) is 4.74 Å². The van der Waals surface area contributed by atoms with Gasteiger partial charge in [0.1, 0.15) is 5.75 Å². The van der Waals surface area contributed by atoms with Crippen LogP contribution in [0.2, 0.25) is 0 Å². The number of methoxy groups -OCH3 is 1. The third kappa shape index (κ3) is 5.28. The van der Waals surface area contributed by atoms with Crippen molar-refractivity contribution >= 4 is 15.9 Å². The molecule has 0 bridgehead atoms. The van der Waals surface area contributed by atoms with Crippen molar-refractivity contribution < 1.29 is 17.9 Å². The van der Waals surface area contributed by atoms with Gasteiger partial charge in [0.15, 0.2) is 0 Å². The third-order valence-corrected chi connectivity index (χ3v) is 7.88. The van der Waals surface area contributed by atoms with Gasteiger partial charge < -0.3 is 10.1 Å². The Hall–Kier alpha value is -2.38. The maximum Gasteiger partial charge on any atom is 0.255 e. The first-order valence-electron chi connectivity index (χ1n) is 10.8. The molecule has 0 spiro atoms. The molecule has 1 heterocycles. The van der Waals surface area contributed by atoms with E-state index in [1.807, 2.05) is 38.1 Å². The van der Waals surface area contributed by atoms with Crippen LogP contribution in [0.4, 0.5) is 0 Å². The highest BCUT2D eigenvalue weighted by atomic mass is 32.2. The first-order chi connectivity index (χ1) is 14.8. The van der Waals surface area contributed by atoms with Crippen molar-refractivity contribution in [2.24, 2.45) is 5.92 Å². The number of nitrogens with one attached hydrogen (secondary N) is 1. The van der Waals surface area contributed by atoms with E-state index in [2.05, 4.69) is 12.2 Å². The van der Waals surface area contributed by atoms with Crippen molar-refractivity contribution in [1.29, 1.82) is 0 Å². The predicted molar refractivity (Wildman–Crippen MR) is 122 cm³/mol. The molecule has 1 N–H and O–H groups in total. The van der Waals surface area contributed by atoms with Gasteiger partial charge in [0, 0.05) is 13.1 Å². The van der Waals surface area contributed by atoms with Crippen LogP contribution < -0.4 is 10.1 Å². The maximum atomic E-state index is 13.2. The highest BCUT2D eigenvalue weighted by Gasteiger charge is 2.29. The van der Waals surface area contributed by atoms with E-state index < -0.39 is 10.0 Å². The van der Waals surface area contributed by atoms with Gasteiger partial charge in [0.2, 0.25) is 10.0 Å². The first-order valence-corrected chi connectivity index (χ1v) is 12.3. The van der Waals surface area contributed by atoms with Crippen LogP contribution in [0, 0.1) is 12.8 Å². The van der Waals surface area contributed by atoms with Crippen molar-refractivity contribution in [2.45, 2.75) is 51.0 Å². The first kappa shape index (κ1) is 23.3. The molecule has 7 heteroatoms. The van der Waals surface area contributed by atoms with Crippen LogP contribution >= 0.6 is 0 Å². The number of aryl methyl sites for hydroxylation is 1. The lowest BCUT2D eigenvalue weighted by molar-refractivity contribution is 0.0932. The number of rotatable bonds is 7. The Balaban J connectivity index is 1.87. The average molecular weight is 445 g/mol. The van der Waals surface area contributed by atoms with E-state index in [9.17, 15) is 13.2 Å². The molecule has 1 aliphatic rings. The zero-order chi connectivity index (χ0) is 22.6. The van der Waals surface area contributed by atoms with Gasteiger partial charge in [0.25, 0.3) is 5.91 Å². The van der Waals surface area contributed by atoms with Crippen LogP contribution in [-0.2, 0) is 10.0 Å². The molecule has 1 amide bonds. The van der Waals surface area contributed by atoms with Gasteiger partial charge in [-0.15, -0.1) is 0 Å². The molecule has 1 fully saturated rings. The SMILES string of the molecule is CC[C@@H](NC(=O)c1cc(S(=O)(=O)N2CCC(C)CC2)ccc1OC)c1ccc(C)cc1. The summed E-state index contributed by atoms with van der Waals surface area (Å²) >= 11 is 0. The standard InChI is InChI=1S/C24H32N2O4S/c1-5-22(19-8-6-17(2)7-9-19)25-24(27)21-16-20(10-11-23(21)30-4)31(28,29)26-14-12-18(3)13-15-26/h6-11,16,18,22H,5,12-15H2,1-4H3,(H,25,27)/t22-/m1/s1. The van der Waals surface area contributed by atoms with Crippen molar-refractivity contribution in [3.05, 3.63) is 59.2 Å². The number of hydrogen-bond acceptors (Lipinski definition) is 4. The third-order valence-electron chi connectivity index (χ3n) is 5.99. The molecule has 0 unspecified atom stereocenters. The zero-order valence-electron chi connectivity index (χ0n) is 18.7. The van der Waals surface area contributed by atoms with Crippen LogP contribution in [0.25, 0.3) is 0 Å². The number of benzene rings is 2. The molecule has 0 saturated carbocycles. The minimum Gasteiger partial charge on any atom is -0.496 e. The lowest BCUT2D eigenvalue weighted by Crippen LogP contribution is -2.38. The highest BCUT2D eigenvalue weighted by molar-refractivity contribution is 7.89. The topological polar surface area (TPSA) is 75.7 Å². The number of hydrogen-bond donors (Lipinski definition) is 1. The second kappa shape index (κ2) is 9.83. The van der Waals surface area contributed by atoms with E-state index in [0.29, 0.717) is 31.2 Å². The molecule has 6 nitrogen and oxygen atoms in total. The van der Waals surface area contributed by atoms with E-state index in [-0.39, 0.29) is 22.4 Å². The number of ether oxygens (including phenoxy) is 1. The fourth-order valence-corrected chi connectivity index (χ4v) is 5.35. The van der Waals surface area contributed by atoms with Gasteiger partial charge in [-0.2, -0.15) is 4.31 Å². The minimum absolute atomic E-state index is 0.122. The fourth-order valence-electron chi connectivity index (χ4n) is 3.86. The highest BCUT2D eigenvalue weighted by Crippen LogP contribution is 2.28. The molecular weight excluding hydrogens is 412 g/mol. The van der Waals surface area contributed by atoms with Crippen molar-refractivity contribution in [2.75, 3.05) is 20.2 Å². The molecule has 2 aromatic carbocycles. The average Bonchev–Trinajstić information content (AvgIpc) is 2.77. The Morgan fingerprint density at radius 3 is 2.39 bits per heavy atom. The Kier molecular flexibility index (Phi) is 7.38. The smallest absolute Gasteiger partial charge is 0.255 e. The molecule has 0 aliphatic carbocycles. The predicted octanol–water partition coefficient (Wildman–Crippen LogP) is 4.31. The summed E-state index contributed by atoms with van der Waals surface area (Å²) in [5.74, 6) is 0.521. The summed E-state index contributed by atoms with van der Waals surface area (Å²) in [4.78, 5) is 13.3. The normalized spacial score (nSPS) is 16.6. The number of nitrogens with zero attached hydrogens (tertiary/aromatic N) is 1. The van der Waals surface area contributed by atoms with Gasteiger partial charge in [-0.25, -0.2) is 8.42 Å². The summed E-state index contributed by atoms with van der Waals surface area (Å²) < 4.78 is 33.2. The number of carbonyl (C=O) groups is 1. The number of carbonyl (C=O) groups excluding carboxylic acids is 1. The molecule has 1 aliphatic heterocycles. The summed E-state index contributed by atoms with van der Waals surface area (Å²) in [5.41, 5.74) is 2.38. The number of piperidine rings is 1. The largest absolute Gasteiger partial charge is 0.496 e. The second-order valence-corrected chi connectivity index (χ2v) is 10.2. The molecule has 0 radical (unpaired) electrons. The summed E-state index contributed by atoms with van der Waals surface area (Å²) in [5, 5.41) is 3.03. The van der Waals surface area contributed by atoms with E-state index >= 15 is 0 Å². The lowest BCUT2D eigenvalue weighted by Gasteiger charge is -2.29. The minimum atomic E-state index is -3.66. The number of sulfonamides is 1. The van der Waals surface area contributed by atoms with Crippen molar-refractivity contribution in [3.8, 4) is 5.75 Å². The van der Waals surface area contributed by atoms with Gasteiger partial charge in [-0.3, -0.25) is 4.79 Å². The Labute approximate surface area is 185 Å². The van der Waals surface area contributed by atoms with Crippen LogP contribution in [0.15, 0.2) is 47.4 Å². The quantitative estimate of drug-likeness (QED) is 0.691. The molecule has 168 valence electrons. The van der Waals surface area contributed by atoms with Crippen LogP contribution in [-0.4, -0.2) is 38.8 Å². The summed E-state index contributed by atoms with van der Waals surface area (Å²) in [6, 6.07) is 12.3. The monoisotopic (exact) mass is 444 g/mol. The molecule has 2 aromatic rings. The molecular formula is C24H32N2O4S. The van der Waals surface area contributed by atoms with E-state index in [0.717, 1.165) is 24.0 Å². The molecule has 1 atom stereocenters. The van der Waals surface area contributed by atoms with Gasteiger partial charge in [-0.1, -0.05) is 43.7 Å². The van der Waals surface area contributed by atoms with E-state index in [1.54, 1.807) is 6.07 Å². The van der Waals surface area contributed by atoms with Gasteiger partial charge in [0.05, 0.1) is 23.6 Å².